The summed E-state index contributed by atoms with van der Waals surface area (Å²) in [6, 6.07) is 3.47. The summed E-state index contributed by atoms with van der Waals surface area (Å²) in [6.07, 6.45) is 3.27. The van der Waals surface area contributed by atoms with Crippen LogP contribution in [0.15, 0.2) is 18.3 Å². The molecule has 1 atom stereocenters. The molecule has 0 fully saturated rings. The van der Waals surface area contributed by atoms with Crippen LogP contribution in [0.2, 0.25) is 0 Å². The Labute approximate surface area is 115 Å². The van der Waals surface area contributed by atoms with Crippen molar-refractivity contribution < 1.29 is 9.90 Å². The van der Waals surface area contributed by atoms with E-state index in [1.54, 1.807) is 32.2 Å². The standard InChI is InChI=1S/C15H24N2O2/c1-11(2)7-8-15(4,19)10-17-14(18)13-6-5-9-16-12(13)3/h5-6,9,11,19H,7-8,10H2,1-4H3,(H,17,18). The molecule has 106 valence electrons. The van der Waals surface area contributed by atoms with Crippen molar-refractivity contribution in [3.05, 3.63) is 29.6 Å². The molecule has 0 aliphatic carbocycles. The van der Waals surface area contributed by atoms with Gasteiger partial charge in [-0.1, -0.05) is 13.8 Å². The number of aromatic nitrogens is 1. The molecule has 19 heavy (non-hydrogen) atoms. The van der Waals surface area contributed by atoms with Crippen molar-refractivity contribution in [2.24, 2.45) is 5.92 Å². The molecular formula is C15H24N2O2. The number of pyridine rings is 1. The van der Waals surface area contributed by atoms with Gasteiger partial charge in [0, 0.05) is 18.4 Å². The number of carbonyl (C=O) groups excluding carboxylic acids is 1. The van der Waals surface area contributed by atoms with Gasteiger partial charge >= 0.3 is 0 Å². The van der Waals surface area contributed by atoms with E-state index in [9.17, 15) is 9.90 Å². The predicted molar refractivity (Wildman–Crippen MR) is 76.0 cm³/mol. The van der Waals surface area contributed by atoms with E-state index >= 15 is 0 Å². The van der Waals surface area contributed by atoms with Crippen LogP contribution in [0.1, 0.15) is 49.7 Å². The second-order valence-electron chi connectivity index (χ2n) is 5.75. The van der Waals surface area contributed by atoms with E-state index in [1.807, 2.05) is 0 Å². The van der Waals surface area contributed by atoms with E-state index in [1.165, 1.54) is 0 Å². The van der Waals surface area contributed by atoms with Crippen molar-refractivity contribution in [2.75, 3.05) is 6.54 Å². The van der Waals surface area contributed by atoms with Gasteiger partial charge in [0.2, 0.25) is 0 Å². The van der Waals surface area contributed by atoms with Crippen molar-refractivity contribution in [3.8, 4) is 0 Å². The fraction of sp³-hybridized carbons (Fsp3) is 0.600. The topological polar surface area (TPSA) is 62.2 Å². The molecule has 2 N–H and O–H groups in total. The third-order valence-electron chi connectivity index (χ3n) is 3.14. The van der Waals surface area contributed by atoms with Crippen molar-refractivity contribution >= 4 is 5.91 Å². The molecule has 0 aliphatic rings. The van der Waals surface area contributed by atoms with E-state index < -0.39 is 5.60 Å². The zero-order valence-corrected chi connectivity index (χ0v) is 12.2. The molecule has 0 aromatic carbocycles. The SMILES string of the molecule is Cc1ncccc1C(=O)NCC(C)(O)CCC(C)C. The minimum Gasteiger partial charge on any atom is -0.388 e. The largest absolute Gasteiger partial charge is 0.388 e. The molecule has 1 heterocycles. The Morgan fingerprint density at radius 2 is 2.21 bits per heavy atom. The lowest BCUT2D eigenvalue weighted by atomic mass is 9.95. The van der Waals surface area contributed by atoms with Gasteiger partial charge in [0.1, 0.15) is 0 Å². The van der Waals surface area contributed by atoms with Crippen LogP contribution in [-0.2, 0) is 0 Å². The molecule has 0 spiro atoms. The zero-order chi connectivity index (χ0) is 14.5. The fourth-order valence-corrected chi connectivity index (χ4v) is 1.78. The molecule has 1 unspecified atom stereocenters. The lowest BCUT2D eigenvalue weighted by Gasteiger charge is -2.24. The van der Waals surface area contributed by atoms with Crippen molar-refractivity contribution in [2.45, 2.75) is 46.1 Å². The molecule has 1 amide bonds. The summed E-state index contributed by atoms with van der Waals surface area (Å²) in [5, 5.41) is 13.0. The zero-order valence-electron chi connectivity index (χ0n) is 12.2. The summed E-state index contributed by atoms with van der Waals surface area (Å²) in [5.41, 5.74) is 0.389. The Kier molecular flexibility index (Phi) is 5.48. The lowest BCUT2D eigenvalue weighted by molar-refractivity contribution is 0.0429. The molecule has 1 aromatic heterocycles. The average Bonchev–Trinajstić information content (AvgIpc) is 2.34. The number of aliphatic hydroxyl groups is 1. The average molecular weight is 264 g/mol. The summed E-state index contributed by atoms with van der Waals surface area (Å²) in [6.45, 7) is 8.05. The predicted octanol–water partition coefficient (Wildman–Crippen LogP) is 2.31. The van der Waals surface area contributed by atoms with Gasteiger partial charge in [-0.3, -0.25) is 9.78 Å². The second-order valence-corrected chi connectivity index (χ2v) is 5.75. The highest BCUT2D eigenvalue weighted by atomic mass is 16.3. The summed E-state index contributed by atoms with van der Waals surface area (Å²) in [4.78, 5) is 16.1. The first-order valence-electron chi connectivity index (χ1n) is 6.74. The van der Waals surface area contributed by atoms with E-state index in [2.05, 4.69) is 24.1 Å². The van der Waals surface area contributed by atoms with E-state index in [-0.39, 0.29) is 12.5 Å². The molecule has 0 radical (unpaired) electrons. The summed E-state index contributed by atoms with van der Waals surface area (Å²) in [5.74, 6) is 0.359. The molecule has 4 nitrogen and oxygen atoms in total. The van der Waals surface area contributed by atoms with Gasteiger partial charge in [-0.15, -0.1) is 0 Å². The molecule has 1 aromatic rings. The number of hydrogen-bond acceptors (Lipinski definition) is 3. The Morgan fingerprint density at radius 1 is 1.53 bits per heavy atom. The summed E-state index contributed by atoms with van der Waals surface area (Å²) >= 11 is 0. The van der Waals surface area contributed by atoms with Crippen LogP contribution >= 0.6 is 0 Å². The van der Waals surface area contributed by atoms with Gasteiger partial charge in [0.25, 0.3) is 5.91 Å². The number of rotatable bonds is 6. The maximum absolute atomic E-state index is 12.0. The number of hydrogen-bond donors (Lipinski definition) is 2. The van der Waals surface area contributed by atoms with Gasteiger partial charge < -0.3 is 10.4 Å². The quantitative estimate of drug-likeness (QED) is 0.828. The molecular weight excluding hydrogens is 240 g/mol. The lowest BCUT2D eigenvalue weighted by Crippen LogP contribution is -2.41. The third kappa shape index (κ3) is 5.39. The molecule has 0 saturated carbocycles. The minimum absolute atomic E-state index is 0.185. The number of amides is 1. The smallest absolute Gasteiger partial charge is 0.253 e. The van der Waals surface area contributed by atoms with Crippen molar-refractivity contribution in [3.63, 3.8) is 0 Å². The second kappa shape index (κ2) is 6.66. The Balaban J connectivity index is 2.52. The number of carbonyl (C=O) groups is 1. The van der Waals surface area contributed by atoms with Crippen LogP contribution in [-0.4, -0.2) is 28.1 Å². The maximum Gasteiger partial charge on any atom is 0.253 e. The van der Waals surface area contributed by atoms with Crippen molar-refractivity contribution in [1.29, 1.82) is 0 Å². The number of aryl methyl sites for hydroxylation is 1. The van der Waals surface area contributed by atoms with Crippen LogP contribution < -0.4 is 5.32 Å². The molecule has 1 rings (SSSR count). The monoisotopic (exact) mass is 264 g/mol. The summed E-state index contributed by atoms with van der Waals surface area (Å²) < 4.78 is 0. The van der Waals surface area contributed by atoms with Gasteiger partial charge in [-0.05, 0) is 44.7 Å². The first kappa shape index (κ1) is 15.6. The van der Waals surface area contributed by atoms with E-state index in [0.717, 1.165) is 6.42 Å². The molecule has 0 saturated heterocycles. The molecule has 0 bridgehead atoms. The van der Waals surface area contributed by atoms with E-state index in [4.69, 9.17) is 0 Å². The van der Waals surface area contributed by atoms with Gasteiger partial charge in [0.05, 0.1) is 11.2 Å². The molecule has 0 aliphatic heterocycles. The highest BCUT2D eigenvalue weighted by Crippen LogP contribution is 2.15. The number of nitrogens with one attached hydrogen (secondary N) is 1. The minimum atomic E-state index is -0.865. The van der Waals surface area contributed by atoms with Crippen LogP contribution in [0.25, 0.3) is 0 Å². The third-order valence-corrected chi connectivity index (χ3v) is 3.14. The first-order valence-corrected chi connectivity index (χ1v) is 6.74. The highest BCUT2D eigenvalue weighted by molar-refractivity contribution is 5.95. The maximum atomic E-state index is 12.0. The van der Waals surface area contributed by atoms with Crippen LogP contribution in [0.4, 0.5) is 0 Å². The number of nitrogens with zero attached hydrogens (tertiary/aromatic N) is 1. The van der Waals surface area contributed by atoms with Crippen LogP contribution in [0.5, 0.6) is 0 Å². The highest BCUT2D eigenvalue weighted by Gasteiger charge is 2.22. The Morgan fingerprint density at radius 3 is 2.79 bits per heavy atom. The molecule has 4 heteroatoms. The van der Waals surface area contributed by atoms with Crippen molar-refractivity contribution in [1.82, 2.24) is 10.3 Å². The van der Waals surface area contributed by atoms with Gasteiger partial charge in [-0.25, -0.2) is 0 Å². The summed E-state index contributed by atoms with van der Waals surface area (Å²) in [7, 11) is 0. The fourth-order valence-electron chi connectivity index (χ4n) is 1.78. The van der Waals surface area contributed by atoms with Gasteiger partial charge in [0.15, 0.2) is 0 Å². The van der Waals surface area contributed by atoms with Crippen LogP contribution in [0, 0.1) is 12.8 Å². The Bertz CT molecular complexity index is 428. The first-order chi connectivity index (χ1) is 8.82. The normalized spacial score (nSPS) is 14.2. The Hall–Kier alpha value is -1.42. The van der Waals surface area contributed by atoms with Gasteiger partial charge in [-0.2, -0.15) is 0 Å². The van der Waals surface area contributed by atoms with Crippen LogP contribution in [0.3, 0.4) is 0 Å². The van der Waals surface area contributed by atoms with E-state index in [0.29, 0.717) is 23.6 Å².